The number of hydrogen-bond acceptors (Lipinski definition) is 4. The van der Waals surface area contributed by atoms with Gasteiger partial charge in [0.05, 0.1) is 12.3 Å². The normalized spacial score (nSPS) is 10.5. The molecular formula is C21H22N2O3. The number of para-hydroxylation sites is 1. The molecule has 0 radical (unpaired) electrons. The maximum Gasteiger partial charge on any atom is 0.220 e. The number of aromatic nitrogens is 1. The van der Waals surface area contributed by atoms with E-state index in [2.05, 4.69) is 10.5 Å². The minimum absolute atomic E-state index is 0.0217. The van der Waals surface area contributed by atoms with Crippen molar-refractivity contribution in [1.82, 2.24) is 10.5 Å². The second-order valence-electron chi connectivity index (χ2n) is 5.91. The summed E-state index contributed by atoms with van der Waals surface area (Å²) in [6, 6.07) is 21.3. The van der Waals surface area contributed by atoms with Gasteiger partial charge in [-0.2, -0.15) is 0 Å². The van der Waals surface area contributed by atoms with Gasteiger partial charge in [-0.15, -0.1) is 0 Å². The molecular weight excluding hydrogens is 328 g/mol. The van der Waals surface area contributed by atoms with Gasteiger partial charge < -0.3 is 14.6 Å². The van der Waals surface area contributed by atoms with E-state index in [4.69, 9.17) is 9.26 Å². The van der Waals surface area contributed by atoms with Crippen molar-refractivity contribution in [3.8, 4) is 17.1 Å². The average Bonchev–Trinajstić information content (AvgIpc) is 3.16. The Labute approximate surface area is 153 Å². The predicted octanol–water partition coefficient (Wildman–Crippen LogP) is 3.86. The number of amides is 1. The number of carbonyl (C=O) groups excluding carboxylic acids is 1. The highest BCUT2D eigenvalue weighted by Gasteiger charge is 2.07. The van der Waals surface area contributed by atoms with Crippen molar-refractivity contribution in [1.29, 1.82) is 0 Å². The van der Waals surface area contributed by atoms with E-state index in [1.54, 1.807) is 0 Å². The van der Waals surface area contributed by atoms with E-state index in [9.17, 15) is 4.79 Å². The molecule has 0 saturated carbocycles. The number of nitrogens with one attached hydrogen (secondary N) is 1. The third-order valence-electron chi connectivity index (χ3n) is 3.88. The molecule has 134 valence electrons. The minimum Gasteiger partial charge on any atom is -0.494 e. The van der Waals surface area contributed by atoms with Crippen molar-refractivity contribution in [3.63, 3.8) is 0 Å². The summed E-state index contributed by atoms with van der Waals surface area (Å²) in [6.07, 6.45) is 1.77. The first-order chi connectivity index (χ1) is 12.8. The van der Waals surface area contributed by atoms with Crippen LogP contribution in [-0.2, 0) is 11.2 Å². The highest BCUT2D eigenvalue weighted by Crippen LogP contribution is 2.19. The van der Waals surface area contributed by atoms with Crippen LogP contribution >= 0.6 is 0 Å². The van der Waals surface area contributed by atoms with Crippen LogP contribution in [0.2, 0.25) is 0 Å². The maximum atomic E-state index is 11.9. The first kappa shape index (κ1) is 17.7. The number of nitrogens with zero attached hydrogens (tertiary/aromatic N) is 1. The first-order valence-corrected chi connectivity index (χ1v) is 8.77. The van der Waals surface area contributed by atoms with Gasteiger partial charge in [-0.3, -0.25) is 4.79 Å². The van der Waals surface area contributed by atoms with Gasteiger partial charge in [-0.25, -0.2) is 0 Å². The molecule has 2 aromatic carbocycles. The number of carbonyl (C=O) groups is 1. The zero-order valence-electron chi connectivity index (χ0n) is 14.6. The Morgan fingerprint density at radius 3 is 2.54 bits per heavy atom. The van der Waals surface area contributed by atoms with E-state index in [0.717, 1.165) is 22.8 Å². The van der Waals surface area contributed by atoms with Crippen LogP contribution in [-0.4, -0.2) is 24.2 Å². The summed E-state index contributed by atoms with van der Waals surface area (Å²) < 4.78 is 10.9. The number of benzene rings is 2. The van der Waals surface area contributed by atoms with Crippen molar-refractivity contribution >= 4 is 5.91 Å². The lowest BCUT2D eigenvalue weighted by atomic mass is 10.1. The summed E-state index contributed by atoms with van der Waals surface area (Å²) in [4.78, 5) is 11.9. The second kappa shape index (κ2) is 9.42. The summed E-state index contributed by atoms with van der Waals surface area (Å²) in [5.41, 5.74) is 1.82. The van der Waals surface area contributed by atoms with Gasteiger partial charge in [0.15, 0.2) is 5.76 Å². The van der Waals surface area contributed by atoms with Crippen molar-refractivity contribution < 1.29 is 14.1 Å². The van der Waals surface area contributed by atoms with E-state index in [1.807, 2.05) is 66.7 Å². The SMILES string of the molecule is O=C(CCCOc1ccccc1)NCCc1cc(-c2ccccc2)on1. The molecule has 0 unspecified atom stereocenters. The smallest absolute Gasteiger partial charge is 0.220 e. The van der Waals surface area contributed by atoms with Gasteiger partial charge in [0.2, 0.25) is 5.91 Å². The van der Waals surface area contributed by atoms with E-state index in [1.165, 1.54) is 0 Å². The van der Waals surface area contributed by atoms with E-state index in [-0.39, 0.29) is 5.91 Å². The lowest BCUT2D eigenvalue weighted by Crippen LogP contribution is -2.25. The third-order valence-corrected chi connectivity index (χ3v) is 3.88. The van der Waals surface area contributed by atoms with Crippen LogP contribution < -0.4 is 10.1 Å². The molecule has 0 atom stereocenters. The van der Waals surface area contributed by atoms with Gasteiger partial charge in [-0.05, 0) is 18.6 Å². The van der Waals surface area contributed by atoms with Crippen LogP contribution in [0.25, 0.3) is 11.3 Å². The van der Waals surface area contributed by atoms with Crippen molar-refractivity contribution in [2.75, 3.05) is 13.2 Å². The highest BCUT2D eigenvalue weighted by molar-refractivity contribution is 5.75. The first-order valence-electron chi connectivity index (χ1n) is 8.77. The highest BCUT2D eigenvalue weighted by atomic mass is 16.5. The second-order valence-corrected chi connectivity index (χ2v) is 5.91. The Balaban J connectivity index is 1.32. The number of ether oxygens (including phenoxy) is 1. The van der Waals surface area contributed by atoms with Gasteiger partial charge in [-0.1, -0.05) is 53.7 Å². The fourth-order valence-electron chi connectivity index (χ4n) is 2.53. The third kappa shape index (κ3) is 5.48. The molecule has 1 aromatic heterocycles. The summed E-state index contributed by atoms with van der Waals surface area (Å²) in [5, 5.41) is 6.95. The molecule has 5 nitrogen and oxygen atoms in total. The maximum absolute atomic E-state index is 11.9. The van der Waals surface area contributed by atoms with Gasteiger partial charge in [0.1, 0.15) is 5.75 Å². The van der Waals surface area contributed by atoms with Crippen LogP contribution in [0.1, 0.15) is 18.5 Å². The molecule has 1 heterocycles. The summed E-state index contributed by atoms with van der Waals surface area (Å²) >= 11 is 0. The Bertz CT molecular complexity index is 800. The van der Waals surface area contributed by atoms with Crippen LogP contribution in [0.3, 0.4) is 0 Å². The summed E-state index contributed by atoms with van der Waals surface area (Å²) in [5.74, 6) is 1.59. The predicted molar refractivity (Wildman–Crippen MR) is 99.8 cm³/mol. The molecule has 0 fully saturated rings. The quantitative estimate of drug-likeness (QED) is 0.595. The van der Waals surface area contributed by atoms with Crippen LogP contribution in [0.4, 0.5) is 0 Å². The number of rotatable bonds is 9. The van der Waals surface area contributed by atoms with Crippen LogP contribution in [0.15, 0.2) is 71.3 Å². The van der Waals surface area contributed by atoms with Gasteiger partial charge >= 0.3 is 0 Å². The van der Waals surface area contributed by atoms with E-state index >= 15 is 0 Å². The molecule has 0 aliphatic rings. The van der Waals surface area contributed by atoms with E-state index in [0.29, 0.717) is 32.4 Å². The van der Waals surface area contributed by atoms with Crippen LogP contribution in [0.5, 0.6) is 5.75 Å². The van der Waals surface area contributed by atoms with Crippen molar-refractivity contribution in [3.05, 3.63) is 72.4 Å². The molecule has 0 spiro atoms. The molecule has 0 saturated heterocycles. The Kier molecular flexibility index (Phi) is 6.42. The topological polar surface area (TPSA) is 64.4 Å². The Morgan fingerprint density at radius 2 is 1.77 bits per heavy atom. The largest absolute Gasteiger partial charge is 0.494 e. The fourth-order valence-corrected chi connectivity index (χ4v) is 2.53. The molecule has 1 amide bonds. The van der Waals surface area contributed by atoms with Crippen LogP contribution in [0, 0.1) is 0 Å². The van der Waals surface area contributed by atoms with Gasteiger partial charge in [0.25, 0.3) is 0 Å². The molecule has 26 heavy (non-hydrogen) atoms. The number of hydrogen-bond donors (Lipinski definition) is 1. The Morgan fingerprint density at radius 1 is 1.04 bits per heavy atom. The van der Waals surface area contributed by atoms with Crippen molar-refractivity contribution in [2.24, 2.45) is 0 Å². The summed E-state index contributed by atoms with van der Waals surface area (Å²) in [6.45, 7) is 1.07. The monoisotopic (exact) mass is 350 g/mol. The lowest BCUT2D eigenvalue weighted by molar-refractivity contribution is -0.121. The molecule has 3 aromatic rings. The zero-order valence-corrected chi connectivity index (χ0v) is 14.6. The fraction of sp³-hybridized carbons (Fsp3) is 0.238. The molecule has 5 heteroatoms. The molecule has 0 aliphatic heterocycles. The van der Waals surface area contributed by atoms with Crippen molar-refractivity contribution in [2.45, 2.75) is 19.3 Å². The van der Waals surface area contributed by atoms with Gasteiger partial charge in [0, 0.05) is 31.0 Å². The standard InChI is InChI=1S/C21H22N2O3/c24-21(12-7-15-25-19-10-5-2-6-11-19)22-14-13-18-16-20(26-23-18)17-8-3-1-4-9-17/h1-6,8-11,16H,7,12-15H2,(H,22,24). The lowest BCUT2D eigenvalue weighted by Gasteiger charge is -2.06. The molecule has 0 aliphatic carbocycles. The van der Waals surface area contributed by atoms with E-state index < -0.39 is 0 Å². The molecule has 0 bridgehead atoms. The Hall–Kier alpha value is -3.08. The zero-order chi connectivity index (χ0) is 18.0. The molecule has 3 rings (SSSR count). The molecule has 1 N–H and O–H groups in total. The summed E-state index contributed by atoms with van der Waals surface area (Å²) in [7, 11) is 0. The minimum atomic E-state index is 0.0217. The average molecular weight is 350 g/mol.